The van der Waals surface area contributed by atoms with E-state index in [0.717, 1.165) is 0 Å². The molecule has 60 valence electrons. The van der Waals surface area contributed by atoms with Gasteiger partial charge in [0.15, 0.2) is 0 Å². The first-order chi connectivity index (χ1) is 4.41. The van der Waals surface area contributed by atoms with E-state index in [4.69, 9.17) is 4.89 Å². The molecule has 0 amide bonds. The Morgan fingerprint density at radius 3 is 2.30 bits per heavy atom. The molecule has 1 saturated heterocycles. The van der Waals surface area contributed by atoms with Crippen LogP contribution >= 0.6 is 7.82 Å². The van der Waals surface area contributed by atoms with Crippen molar-refractivity contribution in [3.8, 4) is 0 Å². The zero-order valence-electron chi connectivity index (χ0n) is 4.16. The summed E-state index contributed by atoms with van der Waals surface area (Å²) < 4.78 is 40.4. The highest BCUT2D eigenvalue weighted by Gasteiger charge is 2.38. The lowest BCUT2D eigenvalue weighted by Crippen LogP contribution is -2.15. The Morgan fingerprint density at radius 2 is 2.00 bits per heavy atom. The molecular formula is HO8PS. The summed E-state index contributed by atoms with van der Waals surface area (Å²) in [4.78, 5) is 8.24. The summed E-state index contributed by atoms with van der Waals surface area (Å²) in [6, 6.07) is 0. The highest BCUT2D eigenvalue weighted by molar-refractivity contribution is 7.86. The van der Waals surface area contributed by atoms with E-state index < -0.39 is 18.2 Å². The van der Waals surface area contributed by atoms with Gasteiger partial charge in [-0.3, -0.25) is 0 Å². The van der Waals surface area contributed by atoms with Crippen molar-refractivity contribution in [1.82, 2.24) is 0 Å². The Hall–Kier alpha value is -0.0200. The number of rotatable bonds is 0. The molecule has 8 nitrogen and oxygen atoms in total. The van der Waals surface area contributed by atoms with E-state index in [1.54, 1.807) is 0 Å². The summed E-state index contributed by atoms with van der Waals surface area (Å²) in [5, 5.41) is 3.27. The third kappa shape index (κ3) is 1.99. The largest absolute Gasteiger partial charge is 0.518 e. The number of hydrogen-bond donors (Lipinski definition) is 1. The molecular weight excluding hydrogens is 191 g/mol. The van der Waals surface area contributed by atoms with Crippen molar-refractivity contribution in [3.05, 3.63) is 0 Å². The normalized spacial score (nSPS) is 39.3. The van der Waals surface area contributed by atoms with Crippen LogP contribution in [0.4, 0.5) is 0 Å². The van der Waals surface area contributed by atoms with Crippen LogP contribution < -0.4 is 0 Å². The quantitative estimate of drug-likeness (QED) is 0.394. The van der Waals surface area contributed by atoms with Crippen LogP contribution in [0.25, 0.3) is 0 Å². The summed E-state index contributed by atoms with van der Waals surface area (Å²) in [5.74, 6) is 0. The number of phosphoric acid groups is 1. The van der Waals surface area contributed by atoms with E-state index in [2.05, 4.69) is 18.0 Å². The fourth-order valence-corrected chi connectivity index (χ4v) is 1.59. The van der Waals surface area contributed by atoms with Gasteiger partial charge in [0.05, 0.1) is 0 Å². The fraction of sp³-hybridized carbons (Fsp3) is 0. The average Bonchev–Trinajstić information content (AvgIpc) is 1.56. The lowest BCUT2D eigenvalue weighted by atomic mass is 14.6. The first kappa shape index (κ1) is 8.08. The minimum absolute atomic E-state index is 3.27. The third-order valence-corrected chi connectivity index (χ3v) is 2.38. The first-order valence-corrected chi connectivity index (χ1v) is 4.58. The van der Waals surface area contributed by atoms with Gasteiger partial charge >= 0.3 is 18.2 Å². The van der Waals surface area contributed by atoms with E-state index in [-0.39, 0.29) is 0 Å². The van der Waals surface area contributed by atoms with Crippen LogP contribution in [0.15, 0.2) is 0 Å². The minimum atomic E-state index is -4.64. The maximum atomic E-state index is 10.2. The van der Waals surface area contributed by atoms with E-state index in [1.807, 2.05) is 0 Å². The molecule has 10 heteroatoms. The lowest BCUT2D eigenvalue weighted by Gasteiger charge is -2.12. The van der Waals surface area contributed by atoms with Crippen LogP contribution in [0, 0.1) is 0 Å². The van der Waals surface area contributed by atoms with Crippen LogP contribution in [-0.4, -0.2) is 13.3 Å². The van der Waals surface area contributed by atoms with Crippen molar-refractivity contribution in [2.75, 3.05) is 0 Å². The standard InChI is InChI=1S/HO8PS/c1-9(2)6-5-7-10(3,4)8-9/h(H,1,2). The van der Waals surface area contributed by atoms with Gasteiger partial charge < -0.3 is 4.89 Å². The maximum Gasteiger partial charge on any atom is 0.518 e. The second-order valence-electron chi connectivity index (χ2n) is 1.16. The van der Waals surface area contributed by atoms with Gasteiger partial charge in [-0.1, -0.05) is 9.01 Å². The molecule has 0 spiro atoms. The molecule has 0 aromatic heterocycles. The Bertz CT molecular complexity index is 259. The molecule has 1 heterocycles. The molecule has 1 atom stereocenters. The van der Waals surface area contributed by atoms with Gasteiger partial charge in [0.2, 0.25) is 0 Å². The fourth-order valence-electron chi connectivity index (χ4n) is 0.225. The predicted octanol–water partition coefficient (Wildman–Crippen LogP) is -0.758. The molecule has 0 aliphatic carbocycles. The van der Waals surface area contributed by atoms with Crippen molar-refractivity contribution < 1.29 is 35.9 Å². The first-order valence-electron chi connectivity index (χ1n) is 1.75. The van der Waals surface area contributed by atoms with Crippen molar-refractivity contribution in [3.63, 3.8) is 0 Å². The van der Waals surface area contributed by atoms with E-state index in [0.29, 0.717) is 0 Å². The Morgan fingerprint density at radius 1 is 1.40 bits per heavy atom. The summed E-state index contributed by atoms with van der Waals surface area (Å²) in [6.07, 6.45) is 0. The molecule has 1 aliphatic rings. The van der Waals surface area contributed by atoms with Gasteiger partial charge in [0.1, 0.15) is 0 Å². The summed E-state index contributed by atoms with van der Waals surface area (Å²) in [7, 11) is -9.19. The zero-order chi connectivity index (χ0) is 7.83. The third-order valence-electron chi connectivity index (χ3n) is 0.421. The molecule has 0 aromatic carbocycles. The van der Waals surface area contributed by atoms with Crippen molar-refractivity contribution in [2.45, 2.75) is 0 Å². The molecule has 1 fully saturated rings. The molecule has 0 radical (unpaired) electrons. The van der Waals surface area contributed by atoms with E-state index >= 15 is 0 Å². The van der Waals surface area contributed by atoms with Gasteiger partial charge in [0, 0.05) is 0 Å². The Kier molecular flexibility index (Phi) is 1.81. The van der Waals surface area contributed by atoms with Crippen LogP contribution in [0.2, 0.25) is 0 Å². The predicted molar refractivity (Wildman–Crippen MR) is 23.1 cm³/mol. The average molecular weight is 192 g/mol. The van der Waals surface area contributed by atoms with Gasteiger partial charge in [-0.15, -0.1) is 3.97 Å². The Labute approximate surface area is 55.1 Å². The van der Waals surface area contributed by atoms with Crippen molar-refractivity contribution >= 4 is 18.2 Å². The number of hydrogen-bond acceptors (Lipinski definition) is 7. The van der Waals surface area contributed by atoms with Crippen molar-refractivity contribution in [2.24, 2.45) is 0 Å². The van der Waals surface area contributed by atoms with E-state index in [9.17, 15) is 13.0 Å². The van der Waals surface area contributed by atoms with Crippen LogP contribution in [-0.2, 0) is 33.0 Å². The summed E-state index contributed by atoms with van der Waals surface area (Å²) in [5.41, 5.74) is 0. The molecule has 0 saturated carbocycles. The summed E-state index contributed by atoms with van der Waals surface area (Å²) in [6.45, 7) is 0. The molecule has 1 N–H and O–H groups in total. The maximum absolute atomic E-state index is 10.2. The molecule has 0 aromatic rings. The lowest BCUT2D eigenvalue weighted by molar-refractivity contribution is -0.428. The summed E-state index contributed by atoms with van der Waals surface area (Å²) >= 11 is 0. The smallest absolute Gasteiger partial charge is 0.300 e. The van der Waals surface area contributed by atoms with Crippen LogP contribution in [0.1, 0.15) is 0 Å². The second kappa shape index (κ2) is 2.24. The highest BCUT2D eigenvalue weighted by Crippen LogP contribution is 2.48. The van der Waals surface area contributed by atoms with Gasteiger partial charge in [-0.25, -0.2) is 4.57 Å². The second-order valence-corrected chi connectivity index (χ2v) is 3.80. The molecule has 0 bridgehead atoms. The molecule has 1 aliphatic heterocycles. The van der Waals surface area contributed by atoms with Gasteiger partial charge in [-0.2, -0.15) is 8.42 Å². The van der Waals surface area contributed by atoms with Crippen molar-refractivity contribution in [1.29, 1.82) is 0 Å². The van der Waals surface area contributed by atoms with Crippen LogP contribution in [0.5, 0.6) is 0 Å². The molecule has 10 heavy (non-hydrogen) atoms. The van der Waals surface area contributed by atoms with Gasteiger partial charge in [0.25, 0.3) is 0 Å². The van der Waals surface area contributed by atoms with E-state index in [1.165, 1.54) is 0 Å². The Balaban J connectivity index is 2.86. The SMILES string of the molecule is O=P1(O)OOOS(=O)(=O)O1. The molecule has 1 unspecified atom stereocenters. The monoisotopic (exact) mass is 192 g/mol. The minimum Gasteiger partial charge on any atom is -0.300 e. The molecule has 1 rings (SSSR count). The topological polar surface area (TPSA) is 108 Å². The van der Waals surface area contributed by atoms with Gasteiger partial charge in [-0.05, 0) is 5.04 Å². The van der Waals surface area contributed by atoms with Crippen LogP contribution in [0.3, 0.4) is 0 Å². The zero-order valence-corrected chi connectivity index (χ0v) is 5.87. The highest BCUT2D eigenvalue weighted by atomic mass is 32.3.